The second-order valence-corrected chi connectivity index (χ2v) is 2.82. The SMILES string of the molecule is COC(=O)C(O)Cc1c(F)cncc1F. The molecular formula is C9H9F2NO3. The molecule has 6 heteroatoms. The van der Waals surface area contributed by atoms with Gasteiger partial charge in [0.15, 0.2) is 6.10 Å². The van der Waals surface area contributed by atoms with Gasteiger partial charge >= 0.3 is 5.97 Å². The third-order valence-electron chi connectivity index (χ3n) is 1.82. The van der Waals surface area contributed by atoms with E-state index in [-0.39, 0.29) is 5.56 Å². The van der Waals surface area contributed by atoms with Crippen molar-refractivity contribution in [1.29, 1.82) is 0 Å². The minimum absolute atomic E-state index is 0.386. The first kappa shape index (κ1) is 11.5. The summed E-state index contributed by atoms with van der Waals surface area (Å²) >= 11 is 0. The van der Waals surface area contributed by atoms with Gasteiger partial charge in [-0.25, -0.2) is 13.6 Å². The number of carbonyl (C=O) groups is 1. The molecule has 0 aliphatic heterocycles. The van der Waals surface area contributed by atoms with Crippen LogP contribution in [0.3, 0.4) is 0 Å². The quantitative estimate of drug-likeness (QED) is 0.746. The number of methoxy groups -OCH3 is 1. The molecule has 1 unspecified atom stereocenters. The summed E-state index contributed by atoms with van der Waals surface area (Å²) in [4.78, 5) is 14.1. The number of aromatic nitrogens is 1. The van der Waals surface area contributed by atoms with Crippen LogP contribution in [0.25, 0.3) is 0 Å². The van der Waals surface area contributed by atoms with Crippen LogP contribution >= 0.6 is 0 Å². The summed E-state index contributed by atoms with van der Waals surface area (Å²) in [5, 5.41) is 9.19. The van der Waals surface area contributed by atoms with Crippen molar-refractivity contribution in [2.75, 3.05) is 7.11 Å². The standard InChI is InChI=1S/C9H9F2NO3/c1-15-9(14)8(13)2-5-6(10)3-12-4-7(5)11/h3-4,8,13H,2H2,1H3. The van der Waals surface area contributed by atoms with Gasteiger partial charge in [-0.3, -0.25) is 4.98 Å². The molecule has 0 aromatic carbocycles. The molecule has 0 fully saturated rings. The second-order valence-electron chi connectivity index (χ2n) is 2.82. The molecule has 1 atom stereocenters. The predicted octanol–water partition coefficient (Wildman–Crippen LogP) is 0.436. The van der Waals surface area contributed by atoms with Crippen LogP contribution in [0.15, 0.2) is 12.4 Å². The number of esters is 1. The summed E-state index contributed by atoms with van der Waals surface area (Å²) in [6.07, 6.45) is -0.445. The zero-order valence-corrected chi connectivity index (χ0v) is 7.91. The molecule has 0 saturated carbocycles. The van der Waals surface area contributed by atoms with Crippen molar-refractivity contribution >= 4 is 5.97 Å². The number of aliphatic hydroxyl groups is 1. The molecule has 82 valence electrons. The summed E-state index contributed by atoms with van der Waals surface area (Å²) in [6, 6.07) is 0. The van der Waals surface area contributed by atoms with E-state index >= 15 is 0 Å². The molecule has 0 aliphatic carbocycles. The lowest BCUT2D eigenvalue weighted by Crippen LogP contribution is -2.25. The summed E-state index contributed by atoms with van der Waals surface area (Å²) in [5.41, 5.74) is -0.386. The van der Waals surface area contributed by atoms with Crippen LogP contribution in [-0.4, -0.2) is 29.3 Å². The lowest BCUT2D eigenvalue weighted by atomic mass is 10.1. The Labute approximate surface area is 84.5 Å². The number of pyridine rings is 1. The summed E-state index contributed by atoms with van der Waals surface area (Å²) in [5.74, 6) is -2.75. The van der Waals surface area contributed by atoms with Crippen LogP contribution < -0.4 is 0 Å². The zero-order chi connectivity index (χ0) is 11.4. The highest BCUT2D eigenvalue weighted by molar-refractivity contribution is 5.74. The van der Waals surface area contributed by atoms with Gasteiger partial charge in [-0.2, -0.15) is 0 Å². The highest BCUT2D eigenvalue weighted by Crippen LogP contribution is 2.13. The van der Waals surface area contributed by atoms with Crippen LogP contribution in [0.2, 0.25) is 0 Å². The topological polar surface area (TPSA) is 59.4 Å². The van der Waals surface area contributed by atoms with E-state index in [4.69, 9.17) is 0 Å². The first-order valence-electron chi connectivity index (χ1n) is 4.10. The van der Waals surface area contributed by atoms with Crippen molar-refractivity contribution in [2.45, 2.75) is 12.5 Å². The monoisotopic (exact) mass is 217 g/mol. The molecule has 0 bridgehead atoms. The maximum absolute atomic E-state index is 13.0. The molecule has 4 nitrogen and oxygen atoms in total. The highest BCUT2D eigenvalue weighted by Gasteiger charge is 2.20. The first-order valence-corrected chi connectivity index (χ1v) is 4.10. The van der Waals surface area contributed by atoms with Crippen molar-refractivity contribution in [2.24, 2.45) is 0 Å². The van der Waals surface area contributed by atoms with Crippen molar-refractivity contribution in [3.8, 4) is 0 Å². The van der Waals surface area contributed by atoms with E-state index in [1.54, 1.807) is 0 Å². The van der Waals surface area contributed by atoms with Crippen LogP contribution in [0.1, 0.15) is 5.56 Å². The number of carbonyl (C=O) groups excluding carboxylic acids is 1. The molecular weight excluding hydrogens is 208 g/mol. The van der Waals surface area contributed by atoms with Gasteiger partial charge in [0, 0.05) is 12.0 Å². The van der Waals surface area contributed by atoms with E-state index in [9.17, 15) is 18.7 Å². The van der Waals surface area contributed by atoms with E-state index < -0.39 is 30.1 Å². The van der Waals surface area contributed by atoms with Crippen LogP contribution in [0, 0.1) is 11.6 Å². The van der Waals surface area contributed by atoms with E-state index in [1.807, 2.05) is 0 Å². The Morgan fingerprint density at radius 1 is 1.53 bits per heavy atom. The first-order chi connectivity index (χ1) is 7.06. The van der Waals surface area contributed by atoms with Crippen LogP contribution in [-0.2, 0) is 16.0 Å². The van der Waals surface area contributed by atoms with Gasteiger partial charge in [0.2, 0.25) is 0 Å². The number of halogens is 2. The molecule has 1 aromatic rings. The average molecular weight is 217 g/mol. The number of ether oxygens (including phenoxy) is 1. The normalized spacial score (nSPS) is 12.3. The van der Waals surface area contributed by atoms with Crippen molar-refractivity contribution < 1.29 is 23.4 Å². The molecule has 0 aliphatic rings. The minimum Gasteiger partial charge on any atom is -0.467 e. The van der Waals surface area contributed by atoms with E-state index in [0.29, 0.717) is 0 Å². The number of aliphatic hydroxyl groups excluding tert-OH is 1. The predicted molar refractivity (Wildman–Crippen MR) is 45.9 cm³/mol. The molecule has 0 saturated heterocycles. The van der Waals surface area contributed by atoms with Crippen LogP contribution in [0.5, 0.6) is 0 Å². The zero-order valence-electron chi connectivity index (χ0n) is 7.91. The molecule has 1 heterocycles. The average Bonchev–Trinajstić information content (AvgIpc) is 2.22. The Hall–Kier alpha value is -1.56. The molecule has 0 spiro atoms. The van der Waals surface area contributed by atoms with Gasteiger partial charge in [-0.1, -0.05) is 0 Å². The third kappa shape index (κ3) is 2.69. The Bertz CT molecular complexity index is 350. The smallest absolute Gasteiger partial charge is 0.335 e. The van der Waals surface area contributed by atoms with E-state index in [1.165, 1.54) is 0 Å². The molecule has 1 rings (SSSR count). The minimum atomic E-state index is -1.58. The van der Waals surface area contributed by atoms with Gasteiger partial charge in [0.25, 0.3) is 0 Å². The maximum atomic E-state index is 13.0. The lowest BCUT2D eigenvalue weighted by Gasteiger charge is -2.09. The Balaban J connectivity index is 2.85. The number of nitrogens with zero attached hydrogens (tertiary/aromatic N) is 1. The fourth-order valence-electron chi connectivity index (χ4n) is 1.05. The van der Waals surface area contributed by atoms with Crippen LogP contribution in [0.4, 0.5) is 8.78 Å². The number of hydrogen-bond donors (Lipinski definition) is 1. The van der Waals surface area contributed by atoms with Gasteiger partial charge in [-0.05, 0) is 0 Å². The lowest BCUT2D eigenvalue weighted by molar-refractivity contribution is -0.150. The summed E-state index contributed by atoms with van der Waals surface area (Å²) in [7, 11) is 1.07. The fourth-order valence-corrected chi connectivity index (χ4v) is 1.05. The largest absolute Gasteiger partial charge is 0.467 e. The molecule has 1 N–H and O–H groups in total. The maximum Gasteiger partial charge on any atom is 0.335 e. The third-order valence-corrected chi connectivity index (χ3v) is 1.82. The summed E-state index contributed by atoms with van der Waals surface area (Å²) in [6.45, 7) is 0. The molecule has 0 radical (unpaired) electrons. The molecule has 1 aromatic heterocycles. The fraction of sp³-hybridized carbons (Fsp3) is 0.333. The van der Waals surface area contributed by atoms with Gasteiger partial charge in [0.1, 0.15) is 11.6 Å². The second kappa shape index (κ2) is 4.79. The number of hydrogen-bond acceptors (Lipinski definition) is 4. The Morgan fingerprint density at radius 2 is 2.07 bits per heavy atom. The van der Waals surface area contributed by atoms with Crippen molar-refractivity contribution in [3.05, 3.63) is 29.6 Å². The van der Waals surface area contributed by atoms with E-state index in [2.05, 4.69) is 9.72 Å². The number of rotatable bonds is 3. The molecule has 0 amide bonds. The Morgan fingerprint density at radius 3 is 2.53 bits per heavy atom. The van der Waals surface area contributed by atoms with Crippen molar-refractivity contribution in [3.63, 3.8) is 0 Å². The van der Waals surface area contributed by atoms with Gasteiger partial charge in [-0.15, -0.1) is 0 Å². The highest BCUT2D eigenvalue weighted by atomic mass is 19.1. The summed E-state index contributed by atoms with van der Waals surface area (Å²) < 4.78 is 30.2. The van der Waals surface area contributed by atoms with Gasteiger partial charge in [0.05, 0.1) is 19.5 Å². The van der Waals surface area contributed by atoms with E-state index in [0.717, 1.165) is 19.5 Å². The van der Waals surface area contributed by atoms with Crippen molar-refractivity contribution in [1.82, 2.24) is 4.98 Å². The Kier molecular flexibility index (Phi) is 3.68. The molecule has 15 heavy (non-hydrogen) atoms. The van der Waals surface area contributed by atoms with Gasteiger partial charge < -0.3 is 9.84 Å².